The zero-order chi connectivity index (χ0) is 14.8. The van der Waals surface area contributed by atoms with Gasteiger partial charge in [0.15, 0.2) is 0 Å². The van der Waals surface area contributed by atoms with Gasteiger partial charge in [-0.2, -0.15) is 4.98 Å². The van der Waals surface area contributed by atoms with Crippen molar-refractivity contribution in [3.63, 3.8) is 0 Å². The van der Waals surface area contributed by atoms with Gasteiger partial charge in [-0.25, -0.2) is 4.98 Å². The van der Waals surface area contributed by atoms with E-state index in [1.807, 2.05) is 0 Å². The van der Waals surface area contributed by atoms with Crippen LogP contribution in [0.1, 0.15) is 39.0 Å². The maximum Gasteiger partial charge on any atom is 0.329 e. The molecule has 1 aliphatic heterocycles. The highest BCUT2D eigenvalue weighted by molar-refractivity contribution is 5.58. The number of anilines is 2. The molecule has 0 radical (unpaired) electrons. The molecule has 2 heterocycles. The monoisotopic (exact) mass is 291 g/mol. The number of aromatic nitrogens is 2. The van der Waals surface area contributed by atoms with Gasteiger partial charge in [0.1, 0.15) is 6.20 Å². The summed E-state index contributed by atoms with van der Waals surface area (Å²) < 4.78 is 0. The summed E-state index contributed by atoms with van der Waals surface area (Å²) in [6.07, 6.45) is 6.89. The van der Waals surface area contributed by atoms with Crippen LogP contribution in [0.15, 0.2) is 6.20 Å². The molecule has 1 saturated carbocycles. The standard InChI is InChI=1S/C14H21N5O2/c1-10-3-2-7-18(8-6-10)14-15-9-12(19(20)21)13(17-14)16-11-4-5-11/h9-11H,2-8H2,1H3,(H,15,16,17)/t10-/m1/s1. The minimum atomic E-state index is -0.418. The van der Waals surface area contributed by atoms with Crippen LogP contribution in [0.25, 0.3) is 0 Å². The van der Waals surface area contributed by atoms with E-state index >= 15 is 0 Å². The van der Waals surface area contributed by atoms with Crippen LogP contribution in [0.3, 0.4) is 0 Å². The molecule has 0 unspecified atom stereocenters. The van der Waals surface area contributed by atoms with E-state index < -0.39 is 4.92 Å². The molecule has 0 bridgehead atoms. The van der Waals surface area contributed by atoms with Gasteiger partial charge in [-0.3, -0.25) is 10.1 Å². The van der Waals surface area contributed by atoms with Crippen LogP contribution in [-0.2, 0) is 0 Å². The average Bonchev–Trinajstić information content (AvgIpc) is 3.27. The molecule has 1 aliphatic carbocycles. The van der Waals surface area contributed by atoms with Gasteiger partial charge < -0.3 is 10.2 Å². The quantitative estimate of drug-likeness (QED) is 0.678. The minimum Gasteiger partial charge on any atom is -0.361 e. The SMILES string of the molecule is C[C@@H]1CCCN(c2ncc([N+](=O)[O-])c(NC3CC3)n2)CC1. The second-order valence-electron chi connectivity index (χ2n) is 6.10. The second-order valence-corrected chi connectivity index (χ2v) is 6.10. The molecule has 7 heteroatoms. The highest BCUT2D eigenvalue weighted by atomic mass is 16.6. The van der Waals surface area contributed by atoms with Crippen molar-refractivity contribution in [3.05, 3.63) is 16.3 Å². The smallest absolute Gasteiger partial charge is 0.329 e. The first-order valence-corrected chi connectivity index (χ1v) is 7.66. The molecule has 0 aromatic carbocycles. The Morgan fingerprint density at radius 3 is 2.86 bits per heavy atom. The molecule has 1 N–H and O–H groups in total. The first kappa shape index (κ1) is 14.0. The lowest BCUT2D eigenvalue weighted by Crippen LogP contribution is -2.26. The van der Waals surface area contributed by atoms with Crippen LogP contribution in [-0.4, -0.2) is 34.0 Å². The number of rotatable bonds is 4. The molecule has 7 nitrogen and oxygen atoms in total. The Balaban J connectivity index is 1.82. The van der Waals surface area contributed by atoms with Gasteiger partial charge in [-0.15, -0.1) is 0 Å². The van der Waals surface area contributed by atoms with E-state index in [9.17, 15) is 10.1 Å². The zero-order valence-electron chi connectivity index (χ0n) is 12.3. The molecule has 3 rings (SSSR count). The van der Waals surface area contributed by atoms with Crippen LogP contribution < -0.4 is 10.2 Å². The highest BCUT2D eigenvalue weighted by Gasteiger charge is 2.27. The van der Waals surface area contributed by atoms with Gasteiger partial charge in [0, 0.05) is 19.1 Å². The molecule has 1 aromatic rings. The van der Waals surface area contributed by atoms with Crippen LogP contribution in [0, 0.1) is 16.0 Å². The van der Waals surface area contributed by atoms with E-state index in [2.05, 4.69) is 27.1 Å². The zero-order valence-corrected chi connectivity index (χ0v) is 12.3. The molecular weight excluding hydrogens is 270 g/mol. The average molecular weight is 291 g/mol. The Morgan fingerprint density at radius 1 is 1.33 bits per heavy atom. The third kappa shape index (κ3) is 3.40. The van der Waals surface area contributed by atoms with Gasteiger partial charge >= 0.3 is 5.69 Å². The molecule has 1 aromatic heterocycles. The van der Waals surface area contributed by atoms with Crippen LogP contribution in [0.4, 0.5) is 17.5 Å². The van der Waals surface area contributed by atoms with Crippen molar-refractivity contribution in [2.24, 2.45) is 5.92 Å². The fourth-order valence-corrected chi connectivity index (χ4v) is 2.64. The van der Waals surface area contributed by atoms with Crippen molar-refractivity contribution >= 4 is 17.5 Å². The molecule has 114 valence electrons. The minimum absolute atomic E-state index is 0.0335. The van der Waals surface area contributed by atoms with Gasteiger partial charge in [-0.05, 0) is 38.0 Å². The molecule has 1 saturated heterocycles. The Kier molecular flexibility index (Phi) is 3.90. The van der Waals surface area contributed by atoms with Crippen molar-refractivity contribution in [2.45, 2.75) is 45.1 Å². The van der Waals surface area contributed by atoms with Gasteiger partial charge in [0.2, 0.25) is 11.8 Å². The lowest BCUT2D eigenvalue weighted by molar-refractivity contribution is -0.384. The predicted octanol–water partition coefficient (Wildman–Crippen LogP) is 2.59. The molecule has 2 fully saturated rings. The number of nitrogens with zero attached hydrogens (tertiary/aromatic N) is 4. The largest absolute Gasteiger partial charge is 0.361 e. The second kappa shape index (κ2) is 5.83. The van der Waals surface area contributed by atoms with E-state index in [1.54, 1.807) is 0 Å². The van der Waals surface area contributed by atoms with E-state index in [0.717, 1.165) is 44.7 Å². The van der Waals surface area contributed by atoms with Crippen molar-refractivity contribution in [2.75, 3.05) is 23.3 Å². The normalized spacial score (nSPS) is 22.7. The molecular formula is C14H21N5O2. The van der Waals surface area contributed by atoms with Crippen molar-refractivity contribution in [1.82, 2.24) is 9.97 Å². The molecule has 2 aliphatic rings. The number of nitro groups is 1. The molecule has 21 heavy (non-hydrogen) atoms. The lowest BCUT2D eigenvalue weighted by Gasteiger charge is -2.20. The maximum atomic E-state index is 11.1. The van der Waals surface area contributed by atoms with Crippen molar-refractivity contribution in [3.8, 4) is 0 Å². The Bertz CT molecular complexity index is 532. The van der Waals surface area contributed by atoms with E-state index in [4.69, 9.17) is 0 Å². The maximum absolute atomic E-state index is 11.1. The number of hydrogen-bond acceptors (Lipinski definition) is 6. The Morgan fingerprint density at radius 2 is 2.14 bits per heavy atom. The first-order chi connectivity index (χ1) is 10.1. The molecule has 1 atom stereocenters. The fraction of sp³-hybridized carbons (Fsp3) is 0.714. The summed E-state index contributed by atoms with van der Waals surface area (Å²) in [4.78, 5) is 21.4. The van der Waals surface area contributed by atoms with Crippen LogP contribution >= 0.6 is 0 Å². The first-order valence-electron chi connectivity index (χ1n) is 7.66. The summed E-state index contributed by atoms with van der Waals surface area (Å²) in [5.41, 5.74) is -0.0335. The summed E-state index contributed by atoms with van der Waals surface area (Å²) in [6.45, 7) is 4.10. The van der Waals surface area contributed by atoms with Gasteiger partial charge in [0.25, 0.3) is 0 Å². The summed E-state index contributed by atoms with van der Waals surface area (Å²) in [7, 11) is 0. The van der Waals surface area contributed by atoms with Crippen molar-refractivity contribution in [1.29, 1.82) is 0 Å². The Labute approximate surface area is 123 Å². The van der Waals surface area contributed by atoms with Crippen LogP contribution in [0.2, 0.25) is 0 Å². The molecule has 0 spiro atoms. The summed E-state index contributed by atoms with van der Waals surface area (Å²) in [5, 5.41) is 14.2. The third-order valence-electron chi connectivity index (χ3n) is 4.17. The summed E-state index contributed by atoms with van der Waals surface area (Å²) in [5.74, 6) is 1.69. The summed E-state index contributed by atoms with van der Waals surface area (Å²) in [6, 6.07) is 0.329. The third-order valence-corrected chi connectivity index (χ3v) is 4.17. The van der Waals surface area contributed by atoms with E-state index in [0.29, 0.717) is 17.8 Å². The topological polar surface area (TPSA) is 84.2 Å². The highest BCUT2D eigenvalue weighted by Crippen LogP contribution is 2.30. The van der Waals surface area contributed by atoms with E-state index in [1.165, 1.54) is 12.6 Å². The number of hydrogen-bond donors (Lipinski definition) is 1. The van der Waals surface area contributed by atoms with E-state index in [-0.39, 0.29) is 5.69 Å². The van der Waals surface area contributed by atoms with Gasteiger partial charge in [-0.1, -0.05) is 6.92 Å². The number of nitrogens with one attached hydrogen (secondary N) is 1. The lowest BCUT2D eigenvalue weighted by atomic mass is 10.0. The Hall–Kier alpha value is -1.92. The van der Waals surface area contributed by atoms with Crippen LogP contribution in [0.5, 0.6) is 0 Å². The molecule has 0 amide bonds. The van der Waals surface area contributed by atoms with Crippen molar-refractivity contribution < 1.29 is 4.92 Å². The fourth-order valence-electron chi connectivity index (χ4n) is 2.64. The predicted molar refractivity (Wildman–Crippen MR) is 80.6 cm³/mol. The summed E-state index contributed by atoms with van der Waals surface area (Å²) >= 11 is 0. The van der Waals surface area contributed by atoms with Gasteiger partial charge in [0.05, 0.1) is 4.92 Å².